The normalized spacial score (nSPS) is 20.9. The van der Waals surface area contributed by atoms with Crippen molar-refractivity contribution in [2.75, 3.05) is 37.3 Å². The van der Waals surface area contributed by atoms with E-state index < -0.39 is 0 Å². The first-order valence-electron chi connectivity index (χ1n) is 6.75. The fourth-order valence-corrected chi connectivity index (χ4v) is 2.91. The molecule has 1 aromatic heterocycles. The third-order valence-electron chi connectivity index (χ3n) is 3.92. The molecule has 3 rings (SSSR count). The van der Waals surface area contributed by atoms with Crippen LogP contribution < -0.4 is 10.6 Å². The lowest BCUT2D eigenvalue weighted by molar-refractivity contribution is 0.276. The van der Waals surface area contributed by atoms with Gasteiger partial charge < -0.3 is 15.5 Å². The van der Waals surface area contributed by atoms with E-state index in [0.717, 1.165) is 36.2 Å². The van der Waals surface area contributed by atoms with Gasteiger partial charge in [0.05, 0.1) is 11.2 Å². The van der Waals surface area contributed by atoms with E-state index in [1.54, 1.807) is 0 Å². The van der Waals surface area contributed by atoms with Crippen LogP contribution in [0.15, 0.2) is 30.5 Å². The van der Waals surface area contributed by atoms with Crippen molar-refractivity contribution in [3.05, 3.63) is 30.5 Å². The monoisotopic (exact) mass is 256 g/mol. The second kappa shape index (κ2) is 4.70. The average Bonchev–Trinajstić information content (AvgIpc) is 2.41. The molecule has 0 radical (unpaired) electrons. The number of nitrogen functional groups attached to an aromatic ring is 1. The number of pyridine rings is 1. The van der Waals surface area contributed by atoms with Crippen molar-refractivity contribution < 1.29 is 0 Å². The van der Waals surface area contributed by atoms with Gasteiger partial charge in [-0.25, -0.2) is 0 Å². The number of benzene rings is 1. The maximum Gasteiger partial charge on any atom is 0.0956 e. The molecule has 0 amide bonds. The van der Waals surface area contributed by atoms with Crippen molar-refractivity contribution in [2.24, 2.45) is 0 Å². The lowest BCUT2D eigenvalue weighted by Crippen LogP contribution is -2.50. The lowest BCUT2D eigenvalue weighted by Gasteiger charge is -2.40. The van der Waals surface area contributed by atoms with E-state index in [4.69, 9.17) is 5.73 Å². The highest BCUT2D eigenvalue weighted by Gasteiger charge is 2.23. The van der Waals surface area contributed by atoms with Crippen LogP contribution in [0.25, 0.3) is 10.9 Å². The number of piperazine rings is 1. The highest BCUT2D eigenvalue weighted by Crippen LogP contribution is 2.31. The Hall–Kier alpha value is -1.81. The van der Waals surface area contributed by atoms with Crippen molar-refractivity contribution in [3.63, 3.8) is 0 Å². The van der Waals surface area contributed by atoms with E-state index in [0.29, 0.717) is 6.04 Å². The Morgan fingerprint density at radius 2 is 2.11 bits per heavy atom. The molecule has 4 nitrogen and oxygen atoms in total. The maximum absolute atomic E-state index is 6.04. The molecule has 1 fully saturated rings. The van der Waals surface area contributed by atoms with Gasteiger partial charge in [-0.05, 0) is 38.2 Å². The molecule has 4 heteroatoms. The zero-order chi connectivity index (χ0) is 13.4. The number of fused-ring (bicyclic) bond motifs is 1. The smallest absolute Gasteiger partial charge is 0.0956 e. The van der Waals surface area contributed by atoms with E-state index in [1.165, 1.54) is 5.69 Å². The van der Waals surface area contributed by atoms with Crippen molar-refractivity contribution in [1.82, 2.24) is 9.88 Å². The molecular formula is C15H20N4. The Kier molecular flexibility index (Phi) is 3.03. The zero-order valence-corrected chi connectivity index (χ0v) is 11.5. The number of likely N-dealkylation sites (N-methyl/N-ethyl adjacent to an activating group) is 1. The zero-order valence-electron chi connectivity index (χ0n) is 11.5. The summed E-state index contributed by atoms with van der Waals surface area (Å²) in [5, 5.41) is 1.05. The quantitative estimate of drug-likeness (QED) is 0.792. The average molecular weight is 256 g/mol. The Labute approximate surface area is 113 Å². The van der Waals surface area contributed by atoms with Gasteiger partial charge in [0, 0.05) is 42.9 Å². The Bertz CT molecular complexity index is 596. The summed E-state index contributed by atoms with van der Waals surface area (Å²) >= 11 is 0. The van der Waals surface area contributed by atoms with Crippen molar-refractivity contribution in [1.29, 1.82) is 0 Å². The van der Waals surface area contributed by atoms with Gasteiger partial charge in [0.25, 0.3) is 0 Å². The van der Waals surface area contributed by atoms with Gasteiger partial charge in [0.1, 0.15) is 0 Å². The first kappa shape index (κ1) is 12.2. The molecule has 19 heavy (non-hydrogen) atoms. The second-order valence-corrected chi connectivity index (χ2v) is 5.38. The third-order valence-corrected chi connectivity index (χ3v) is 3.92. The van der Waals surface area contributed by atoms with E-state index in [9.17, 15) is 0 Å². The first-order valence-corrected chi connectivity index (χ1v) is 6.75. The van der Waals surface area contributed by atoms with Gasteiger partial charge in [-0.15, -0.1) is 0 Å². The Morgan fingerprint density at radius 3 is 2.89 bits per heavy atom. The van der Waals surface area contributed by atoms with Crippen LogP contribution in [-0.2, 0) is 0 Å². The maximum atomic E-state index is 6.04. The minimum Gasteiger partial charge on any atom is -0.398 e. The fourth-order valence-electron chi connectivity index (χ4n) is 2.91. The van der Waals surface area contributed by atoms with Gasteiger partial charge in [0.2, 0.25) is 0 Å². The van der Waals surface area contributed by atoms with Gasteiger partial charge in [-0.2, -0.15) is 0 Å². The minimum absolute atomic E-state index is 0.493. The highest BCUT2D eigenvalue weighted by molar-refractivity contribution is 5.98. The number of hydrogen-bond donors (Lipinski definition) is 1. The second-order valence-electron chi connectivity index (χ2n) is 5.38. The summed E-state index contributed by atoms with van der Waals surface area (Å²) in [6.07, 6.45) is 1.84. The van der Waals surface area contributed by atoms with Crippen LogP contribution in [0.5, 0.6) is 0 Å². The lowest BCUT2D eigenvalue weighted by atomic mass is 10.1. The summed E-state index contributed by atoms with van der Waals surface area (Å²) in [5.41, 5.74) is 9.06. The van der Waals surface area contributed by atoms with Crippen LogP contribution in [0.3, 0.4) is 0 Å². The predicted octanol–water partition coefficient (Wildman–Crippen LogP) is 1.96. The van der Waals surface area contributed by atoms with Gasteiger partial charge >= 0.3 is 0 Å². The summed E-state index contributed by atoms with van der Waals surface area (Å²) < 4.78 is 0. The van der Waals surface area contributed by atoms with Crippen molar-refractivity contribution in [3.8, 4) is 0 Å². The summed E-state index contributed by atoms with van der Waals surface area (Å²) in [4.78, 5) is 9.34. The van der Waals surface area contributed by atoms with Gasteiger partial charge in [-0.1, -0.05) is 0 Å². The molecule has 2 N–H and O–H groups in total. The third kappa shape index (κ3) is 2.12. The topological polar surface area (TPSA) is 45.4 Å². The van der Waals surface area contributed by atoms with E-state index in [-0.39, 0.29) is 0 Å². The Morgan fingerprint density at radius 1 is 1.26 bits per heavy atom. The van der Waals surface area contributed by atoms with Gasteiger partial charge in [-0.3, -0.25) is 4.98 Å². The van der Waals surface area contributed by atoms with Crippen LogP contribution in [0, 0.1) is 0 Å². The van der Waals surface area contributed by atoms with E-state index in [2.05, 4.69) is 34.8 Å². The molecule has 1 atom stereocenters. The summed E-state index contributed by atoms with van der Waals surface area (Å²) in [6, 6.07) is 8.57. The number of anilines is 2. The number of nitrogens with zero attached hydrogens (tertiary/aromatic N) is 3. The van der Waals surface area contributed by atoms with Crippen molar-refractivity contribution in [2.45, 2.75) is 13.0 Å². The molecule has 2 aromatic rings. The SMILES string of the molecule is CC1CN(C)CCN1c1ccc(N)c2cccnc12. The molecule has 100 valence electrons. The van der Waals surface area contributed by atoms with Crippen LogP contribution in [0.1, 0.15) is 6.92 Å². The van der Waals surface area contributed by atoms with Crippen LogP contribution in [0.4, 0.5) is 11.4 Å². The highest BCUT2D eigenvalue weighted by atomic mass is 15.3. The molecule has 1 aliphatic rings. The standard InChI is InChI=1S/C15H20N4/c1-11-10-18(2)8-9-19(11)14-6-5-13(16)12-4-3-7-17-15(12)14/h3-7,11H,8-10,16H2,1-2H3. The van der Waals surface area contributed by atoms with E-state index >= 15 is 0 Å². The summed E-state index contributed by atoms with van der Waals surface area (Å²) in [7, 11) is 2.17. The van der Waals surface area contributed by atoms with Crippen LogP contribution in [-0.4, -0.2) is 42.6 Å². The predicted molar refractivity (Wildman–Crippen MR) is 80.5 cm³/mol. The molecule has 0 saturated carbocycles. The first-order chi connectivity index (χ1) is 9.16. The number of aromatic nitrogens is 1. The largest absolute Gasteiger partial charge is 0.398 e. The minimum atomic E-state index is 0.493. The number of nitrogens with two attached hydrogens (primary N) is 1. The molecule has 1 aliphatic heterocycles. The molecule has 0 spiro atoms. The molecule has 1 aromatic carbocycles. The molecule has 0 aliphatic carbocycles. The summed E-state index contributed by atoms with van der Waals surface area (Å²) in [5.74, 6) is 0. The molecule has 0 bridgehead atoms. The molecular weight excluding hydrogens is 236 g/mol. The number of rotatable bonds is 1. The fraction of sp³-hybridized carbons (Fsp3) is 0.400. The number of hydrogen-bond acceptors (Lipinski definition) is 4. The van der Waals surface area contributed by atoms with E-state index in [1.807, 2.05) is 24.4 Å². The van der Waals surface area contributed by atoms with Crippen LogP contribution in [0.2, 0.25) is 0 Å². The molecule has 1 unspecified atom stereocenters. The van der Waals surface area contributed by atoms with Gasteiger partial charge in [0.15, 0.2) is 0 Å². The Balaban J connectivity index is 2.08. The molecule has 2 heterocycles. The summed E-state index contributed by atoms with van der Waals surface area (Å²) in [6.45, 7) is 5.47. The van der Waals surface area contributed by atoms with Crippen molar-refractivity contribution >= 4 is 22.3 Å². The van der Waals surface area contributed by atoms with Crippen LogP contribution >= 0.6 is 0 Å². The molecule has 1 saturated heterocycles.